The maximum Gasteiger partial charge on any atom is 0.303 e. The highest BCUT2D eigenvalue weighted by atomic mass is 16.7. The Morgan fingerprint density at radius 2 is 1.41 bits per heavy atom. The number of esters is 4. The minimum Gasteiger partial charge on any atom is -0.463 e. The fourth-order valence-corrected chi connectivity index (χ4v) is 4.42. The molecule has 12 heteroatoms. The van der Waals surface area contributed by atoms with E-state index < -0.39 is 61.2 Å². The summed E-state index contributed by atoms with van der Waals surface area (Å²) in [6.45, 7) is 4.16. The number of fused-ring (bicyclic) bond motifs is 1. The Bertz CT molecular complexity index is 1490. The average Bonchev–Trinajstić information content (AvgIpc) is 2.91. The van der Waals surface area contributed by atoms with E-state index in [0.717, 1.165) is 20.8 Å². The highest BCUT2D eigenvalue weighted by Gasteiger charge is 2.53. The largest absolute Gasteiger partial charge is 0.463 e. The van der Waals surface area contributed by atoms with Crippen LogP contribution in [0.15, 0.2) is 64.0 Å². The van der Waals surface area contributed by atoms with Gasteiger partial charge in [0.15, 0.2) is 17.6 Å². The Hall–Kier alpha value is -4.71. The second-order valence-electron chi connectivity index (χ2n) is 9.19. The topological polar surface area (TPSA) is 154 Å². The van der Waals surface area contributed by atoms with Gasteiger partial charge in [0.2, 0.25) is 12.4 Å². The van der Waals surface area contributed by atoms with Gasteiger partial charge in [-0.05, 0) is 17.7 Å². The molecule has 0 N–H and O–H groups in total. The summed E-state index contributed by atoms with van der Waals surface area (Å²) in [5.74, 6) is -2.77. The molecule has 1 aromatic heterocycles. The summed E-state index contributed by atoms with van der Waals surface area (Å²) in [5.41, 5.74) is 1.03. The summed E-state index contributed by atoms with van der Waals surface area (Å²) >= 11 is 0. The molecule has 1 aliphatic heterocycles. The molecule has 0 unspecified atom stereocenters. The van der Waals surface area contributed by atoms with Crippen molar-refractivity contribution in [3.8, 4) is 16.9 Å². The van der Waals surface area contributed by atoms with E-state index in [-0.39, 0.29) is 16.8 Å². The predicted octanol–water partition coefficient (Wildman–Crippen LogP) is 2.92. The van der Waals surface area contributed by atoms with Crippen LogP contribution in [0.2, 0.25) is 0 Å². The number of carbonyl (C=O) groups is 4. The lowest BCUT2D eigenvalue weighted by atomic mass is 9.98. The Kier molecular flexibility index (Phi) is 9.03. The number of ether oxygens (including phenoxy) is 6. The number of rotatable bonds is 8. The second-order valence-corrected chi connectivity index (χ2v) is 9.19. The average molecular weight is 569 g/mol. The molecular weight excluding hydrogens is 540 g/mol. The van der Waals surface area contributed by atoms with Gasteiger partial charge in [0, 0.05) is 33.8 Å². The molecular formula is C29H28O12. The summed E-state index contributed by atoms with van der Waals surface area (Å²) in [6, 6.07) is 13.5. The van der Waals surface area contributed by atoms with Crippen molar-refractivity contribution < 1.29 is 52.0 Å². The molecule has 0 saturated carbocycles. The zero-order chi connectivity index (χ0) is 29.7. The van der Waals surface area contributed by atoms with E-state index in [1.807, 2.05) is 18.2 Å². The fourth-order valence-electron chi connectivity index (χ4n) is 4.42. The Balaban J connectivity index is 1.70. The molecule has 2 aromatic carbocycles. The molecule has 0 bridgehead atoms. The monoisotopic (exact) mass is 568 g/mol. The van der Waals surface area contributed by atoms with Crippen molar-refractivity contribution in [3.63, 3.8) is 0 Å². The minimum absolute atomic E-state index is 0.147. The van der Waals surface area contributed by atoms with Crippen LogP contribution in [0.3, 0.4) is 0 Å². The minimum atomic E-state index is -1.43. The van der Waals surface area contributed by atoms with Crippen molar-refractivity contribution in [2.24, 2.45) is 0 Å². The molecule has 12 nitrogen and oxygen atoms in total. The molecule has 5 atom stereocenters. The van der Waals surface area contributed by atoms with Gasteiger partial charge < -0.3 is 32.8 Å². The first-order valence-electron chi connectivity index (χ1n) is 12.6. The van der Waals surface area contributed by atoms with E-state index in [4.69, 9.17) is 32.8 Å². The van der Waals surface area contributed by atoms with Crippen molar-refractivity contribution in [1.82, 2.24) is 0 Å². The van der Waals surface area contributed by atoms with Crippen LogP contribution in [0.4, 0.5) is 0 Å². The number of carbonyl (C=O) groups excluding carboxylic acids is 4. The maximum absolute atomic E-state index is 13.1. The van der Waals surface area contributed by atoms with Crippen LogP contribution in [-0.2, 0) is 42.9 Å². The van der Waals surface area contributed by atoms with Crippen LogP contribution >= 0.6 is 0 Å². The molecule has 0 radical (unpaired) electrons. The molecule has 1 saturated heterocycles. The second kappa shape index (κ2) is 12.6. The zero-order valence-corrected chi connectivity index (χ0v) is 22.7. The number of hydrogen-bond donors (Lipinski definition) is 0. The molecule has 41 heavy (non-hydrogen) atoms. The molecule has 216 valence electrons. The maximum atomic E-state index is 13.1. The Morgan fingerprint density at radius 1 is 0.780 bits per heavy atom. The van der Waals surface area contributed by atoms with Crippen LogP contribution in [0.5, 0.6) is 5.75 Å². The van der Waals surface area contributed by atoms with E-state index >= 15 is 0 Å². The van der Waals surface area contributed by atoms with Gasteiger partial charge in [-0.3, -0.25) is 24.0 Å². The third-order valence-corrected chi connectivity index (χ3v) is 6.03. The van der Waals surface area contributed by atoms with E-state index in [1.54, 1.807) is 12.1 Å². The standard InChI is InChI=1S/C29H28O12/c1-15(30)35-14-24-26(37-16(2)31)27(38-17(3)32)28(39-18(4)33)29(41-24)40-20-10-11-21-23(12-20)36-13-22(25(21)34)19-8-6-5-7-9-19/h5-13,24,26-29H,14H2,1-4H3/t24-,26-,27+,28+,29+/m1/s1. The van der Waals surface area contributed by atoms with Gasteiger partial charge in [-0.15, -0.1) is 0 Å². The van der Waals surface area contributed by atoms with Crippen LogP contribution in [0.1, 0.15) is 27.7 Å². The van der Waals surface area contributed by atoms with Gasteiger partial charge in [0.1, 0.15) is 30.3 Å². The van der Waals surface area contributed by atoms with Crippen LogP contribution in [0.25, 0.3) is 22.1 Å². The molecule has 0 amide bonds. The molecule has 1 fully saturated rings. The summed E-state index contributed by atoms with van der Waals surface area (Å²) in [7, 11) is 0. The van der Waals surface area contributed by atoms with Gasteiger partial charge in [0.25, 0.3) is 0 Å². The SMILES string of the molecule is CC(=O)OC[C@H]1O[C@H](Oc2ccc3c(=O)c(-c4ccccc4)coc3c2)[C@@H](OC(C)=O)[C@@H](OC(C)=O)[C@@H]1OC(C)=O. The Labute approximate surface area is 234 Å². The van der Waals surface area contributed by atoms with Gasteiger partial charge in [-0.2, -0.15) is 0 Å². The lowest BCUT2D eigenvalue weighted by molar-refractivity contribution is -0.288. The van der Waals surface area contributed by atoms with E-state index in [9.17, 15) is 24.0 Å². The van der Waals surface area contributed by atoms with E-state index in [2.05, 4.69) is 0 Å². The first-order chi connectivity index (χ1) is 19.5. The molecule has 2 heterocycles. The van der Waals surface area contributed by atoms with Gasteiger partial charge in [-0.25, -0.2) is 0 Å². The van der Waals surface area contributed by atoms with Crippen LogP contribution in [0, 0.1) is 0 Å². The van der Waals surface area contributed by atoms with E-state index in [1.165, 1.54) is 31.4 Å². The first-order valence-corrected chi connectivity index (χ1v) is 12.6. The van der Waals surface area contributed by atoms with Gasteiger partial charge in [-0.1, -0.05) is 30.3 Å². The lowest BCUT2D eigenvalue weighted by Crippen LogP contribution is -2.63. The molecule has 4 rings (SSSR count). The quantitative estimate of drug-likeness (QED) is 0.290. The van der Waals surface area contributed by atoms with Crippen LogP contribution in [-0.4, -0.2) is 61.2 Å². The molecule has 0 aliphatic carbocycles. The van der Waals surface area contributed by atoms with Crippen LogP contribution < -0.4 is 10.2 Å². The molecule has 3 aromatic rings. The van der Waals surface area contributed by atoms with Crippen molar-refractivity contribution in [3.05, 3.63) is 65.0 Å². The summed E-state index contributed by atoms with van der Waals surface area (Å²) < 4.78 is 38.9. The Morgan fingerprint density at radius 3 is 2.05 bits per heavy atom. The third kappa shape index (κ3) is 7.09. The van der Waals surface area contributed by atoms with Crippen molar-refractivity contribution in [2.75, 3.05) is 6.61 Å². The summed E-state index contributed by atoms with van der Waals surface area (Å²) in [5, 5.41) is 0.292. The highest BCUT2D eigenvalue weighted by Crippen LogP contribution is 2.32. The fraction of sp³-hybridized carbons (Fsp3) is 0.345. The highest BCUT2D eigenvalue weighted by molar-refractivity contribution is 5.82. The molecule has 0 spiro atoms. The predicted molar refractivity (Wildman–Crippen MR) is 141 cm³/mol. The lowest BCUT2D eigenvalue weighted by Gasteiger charge is -2.43. The number of benzene rings is 2. The summed E-state index contributed by atoms with van der Waals surface area (Å²) in [6.07, 6.45) is -5.35. The van der Waals surface area contributed by atoms with Crippen molar-refractivity contribution in [2.45, 2.75) is 58.4 Å². The number of hydrogen-bond acceptors (Lipinski definition) is 12. The van der Waals surface area contributed by atoms with E-state index in [0.29, 0.717) is 16.5 Å². The summed E-state index contributed by atoms with van der Waals surface area (Å²) in [4.78, 5) is 60.6. The van der Waals surface area contributed by atoms with Gasteiger partial charge >= 0.3 is 23.9 Å². The molecule has 1 aliphatic rings. The normalized spacial score (nSPS) is 21.9. The van der Waals surface area contributed by atoms with Crippen molar-refractivity contribution in [1.29, 1.82) is 0 Å². The smallest absolute Gasteiger partial charge is 0.303 e. The zero-order valence-electron chi connectivity index (χ0n) is 22.7. The van der Waals surface area contributed by atoms with Crippen molar-refractivity contribution >= 4 is 34.8 Å². The third-order valence-electron chi connectivity index (χ3n) is 6.03. The van der Waals surface area contributed by atoms with Gasteiger partial charge in [0.05, 0.1) is 10.9 Å². The first kappa shape index (κ1) is 29.3.